The maximum atomic E-state index is 11.9. The molecule has 52 heavy (non-hydrogen) atoms. The second-order valence-corrected chi connectivity index (χ2v) is 19.4. The molecule has 298 valence electrons. The third-order valence-corrected chi connectivity index (χ3v) is 15.7. The Kier molecular flexibility index (Phi) is 16.1. The van der Waals surface area contributed by atoms with Crippen molar-refractivity contribution in [2.24, 2.45) is 52.3 Å². The molecule has 0 heterocycles. The highest BCUT2D eigenvalue weighted by Crippen LogP contribution is 2.68. The topological polar surface area (TPSA) is 73.8 Å². The van der Waals surface area contributed by atoms with E-state index in [2.05, 4.69) is 51.3 Å². The molecule has 0 amide bonds. The van der Waals surface area contributed by atoms with E-state index in [9.17, 15) is 10.2 Å². The molecule has 10 atom stereocenters. The number of aryl methyl sites for hydroxylation is 1. The Balaban J connectivity index is 0.901. The van der Waals surface area contributed by atoms with Crippen LogP contribution in [0.3, 0.4) is 0 Å². The number of benzene rings is 1. The Labute approximate surface area is 320 Å². The monoisotopic (exact) mass is 723 g/mol. The summed E-state index contributed by atoms with van der Waals surface area (Å²) < 4.78 is 5.14. The Morgan fingerprint density at radius 2 is 1.46 bits per heavy atom. The molecule has 4 fully saturated rings. The maximum Gasteiger partial charge on any atom is 0.160 e. The molecular weight excluding hydrogens is 641 g/mol. The van der Waals surface area contributed by atoms with E-state index in [1.807, 2.05) is 12.1 Å². The average Bonchev–Trinajstić information content (AvgIpc) is 3.47. The molecule has 4 saturated carbocycles. The third-order valence-electron chi connectivity index (χ3n) is 15.7. The Hall–Kier alpha value is -1.30. The van der Waals surface area contributed by atoms with Crippen LogP contribution in [0.5, 0.6) is 11.5 Å². The molecule has 4 N–H and O–H groups in total. The van der Waals surface area contributed by atoms with Gasteiger partial charge in [-0.15, -0.1) is 0 Å². The number of nitrogens with one attached hydrogen (secondary N) is 2. The molecule has 1 aromatic rings. The minimum absolute atomic E-state index is 0.0849. The summed E-state index contributed by atoms with van der Waals surface area (Å²) >= 11 is 0. The number of phenolic OH excluding ortho intramolecular Hbond substituents is 1. The molecule has 5 rings (SSSR count). The highest BCUT2D eigenvalue weighted by molar-refractivity contribution is 5.41. The summed E-state index contributed by atoms with van der Waals surface area (Å²) in [5.41, 5.74) is 2.07. The van der Waals surface area contributed by atoms with Crippen molar-refractivity contribution in [1.29, 1.82) is 0 Å². The van der Waals surface area contributed by atoms with Crippen molar-refractivity contribution < 1.29 is 14.9 Å². The number of rotatable bonds is 22. The third kappa shape index (κ3) is 10.5. The number of hydrogen-bond donors (Lipinski definition) is 4. The molecule has 0 radical (unpaired) electrons. The summed E-state index contributed by atoms with van der Waals surface area (Å²) in [6.07, 6.45) is 27.3. The van der Waals surface area contributed by atoms with Crippen LogP contribution >= 0.6 is 0 Å². The lowest BCUT2D eigenvalue weighted by molar-refractivity contribution is -0.167. The van der Waals surface area contributed by atoms with Gasteiger partial charge in [-0.1, -0.05) is 98.5 Å². The molecule has 4 unspecified atom stereocenters. The van der Waals surface area contributed by atoms with Crippen LogP contribution in [0.1, 0.15) is 169 Å². The molecule has 5 nitrogen and oxygen atoms in total. The standard InChI is InChI=1S/C47H82N2O3/c1-34(2)17-15-18-35(3)39-21-22-40-45-41(25-27-47(39,40)5)46(4)26-24-38(32-37(46)33-43(45)51)49-30-16-29-48-28-14-12-10-8-7-9-11-13-19-36-20-23-44(52-6)42(50)31-36/h20,23,31,34-35,37-41,43,45,48-51H,7-19,21-22,24-30,32-33H2,1-6H3/t35-,37-,38+,39-,40?,41?,43?,45?,46+,47-/m1/s1. The van der Waals surface area contributed by atoms with Crippen LogP contribution < -0.4 is 15.4 Å². The van der Waals surface area contributed by atoms with Gasteiger partial charge in [0, 0.05) is 6.04 Å². The summed E-state index contributed by atoms with van der Waals surface area (Å²) in [5, 5.41) is 29.5. The summed E-state index contributed by atoms with van der Waals surface area (Å²) in [6, 6.07) is 6.40. The van der Waals surface area contributed by atoms with Crippen LogP contribution in [-0.4, -0.2) is 49.1 Å². The van der Waals surface area contributed by atoms with Gasteiger partial charge in [0.2, 0.25) is 0 Å². The molecule has 5 heteroatoms. The smallest absolute Gasteiger partial charge is 0.160 e. The van der Waals surface area contributed by atoms with Crippen LogP contribution in [0, 0.1) is 52.3 Å². The zero-order valence-corrected chi connectivity index (χ0v) is 34.7. The highest BCUT2D eigenvalue weighted by Gasteiger charge is 2.62. The van der Waals surface area contributed by atoms with Crippen LogP contribution in [-0.2, 0) is 6.42 Å². The largest absolute Gasteiger partial charge is 0.504 e. The lowest BCUT2D eigenvalue weighted by atomic mass is 9.43. The zero-order valence-electron chi connectivity index (χ0n) is 34.7. The lowest BCUT2D eigenvalue weighted by Gasteiger charge is -2.62. The fraction of sp³-hybridized carbons (Fsp3) is 0.872. The van der Waals surface area contributed by atoms with Gasteiger partial charge in [0.15, 0.2) is 11.5 Å². The van der Waals surface area contributed by atoms with E-state index in [0.717, 1.165) is 62.1 Å². The molecular formula is C47H82N2O3. The van der Waals surface area contributed by atoms with Crippen LogP contribution in [0.2, 0.25) is 0 Å². The quantitative estimate of drug-likeness (QED) is 0.0897. The first kappa shape index (κ1) is 41.9. The number of ether oxygens (including phenoxy) is 1. The average molecular weight is 723 g/mol. The summed E-state index contributed by atoms with van der Waals surface area (Å²) in [6.45, 7) is 16.0. The maximum absolute atomic E-state index is 11.9. The molecule has 4 aliphatic carbocycles. The second-order valence-electron chi connectivity index (χ2n) is 19.4. The number of aliphatic hydroxyl groups is 1. The number of methoxy groups -OCH3 is 1. The molecule has 0 aliphatic heterocycles. The van der Waals surface area contributed by atoms with E-state index in [1.54, 1.807) is 7.11 Å². The van der Waals surface area contributed by atoms with Gasteiger partial charge in [-0.3, -0.25) is 0 Å². The molecule has 4 aliphatic rings. The molecule has 0 saturated heterocycles. The first-order valence-corrected chi connectivity index (χ1v) is 22.5. The lowest BCUT2D eigenvalue weighted by Crippen LogP contribution is -2.59. The number of hydrogen-bond acceptors (Lipinski definition) is 5. The Morgan fingerprint density at radius 1 is 0.769 bits per heavy atom. The number of aromatic hydroxyl groups is 1. The summed E-state index contributed by atoms with van der Waals surface area (Å²) in [4.78, 5) is 0. The van der Waals surface area contributed by atoms with Crippen LogP contribution in [0.15, 0.2) is 18.2 Å². The van der Waals surface area contributed by atoms with Crippen LogP contribution in [0.4, 0.5) is 0 Å². The minimum atomic E-state index is -0.0849. The van der Waals surface area contributed by atoms with Crippen molar-refractivity contribution in [3.05, 3.63) is 23.8 Å². The number of unbranched alkanes of at least 4 members (excludes halogenated alkanes) is 7. The number of aliphatic hydroxyl groups excluding tert-OH is 1. The van der Waals surface area contributed by atoms with E-state index < -0.39 is 0 Å². The van der Waals surface area contributed by atoms with Crippen molar-refractivity contribution in [2.75, 3.05) is 26.7 Å². The fourth-order valence-corrected chi connectivity index (χ4v) is 12.6. The van der Waals surface area contributed by atoms with Gasteiger partial charge in [-0.05, 0) is 167 Å². The minimum Gasteiger partial charge on any atom is -0.504 e. The molecule has 1 aromatic carbocycles. The Morgan fingerprint density at radius 3 is 2.19 bits per heavy atom. The SMILES string of the molecule is COc1ccc(CCCCCCCCCCNCCCN[C@H]2CC[C@]3(C)C4CC[C@@]5(C)C(CC[C@@H]5[C@H](C)CCCC(C)C)C4C(O)C[C@H]3C2)cc1O. The first-order chi connectivity index (χ1) is 25.1. The van der Waals surface area contributed by atoms with Gasteiger partial charge >= 0.3 is 0 Å². The van der Waals surface area contributed by atoms with Crippen LogP contribution in [0.25, 0.3) is 0 Å². The van der Waals surface area contributed by atoms with Gasteiger partial charge in [0.25, 0.3) is 0 Å². The van der Waals surface area contributed by atoms with Crippen molar-refractivity contribution in [3.63, 3.8) is 0 Å². The van der Waals surface area contributed by atoms with Gasteiger partial charge in [-0.2, -0.15) is 0 Å². The molecule has 0 spiro atoms. The van der Waals surface area contributed by atoms with E-state index in [-0.39, 0.29) is 11.9 Å². The van der Waals surface area contributed by atoms with Crippen molar-refractivity contribution >= 4 is 0 Å². The predicted molar refractivity (Wildman–Crippen MR) is 219 cm³/mol. The number of fused-ring (bicyclic) bond motifs is 5. The van der Waals surface area contributed by atoms with Gasteiger partial charge < -0.3 is 25.6 Å². The predicted octanol–water partition coefficient (Wildman–Crippen LogP) is 11.1. The molecule has 0 aromatic heterocycles. The van der Waals surface area contributed by atoms with E-state index in [4.69, 9.17) is 4.74 Å². The van der Waals surface area contributed by atoms with Crippen molar-refractivity contribution in [2.45, 2.75) is 182 Å². The summed E-state index contributed by atoms with van der Waals surface area (Å²) in [5.74, 6) is 6.01. The second kappa shape index (κ2) is 20.0. The van der Waals surface area contributed by atoms with E-state index >= 15 is 0 Å². The number of phenols is 1. The highest BCUT2D eigenvalue weighted by atomic mass is 16.5. The van der Waals surface area contributed by atoms with Crippen molar-refractivity contribution in [1.82, 2.24) is 10.6 Å². The molecule has 0 bridgehead atoms. The first-order valence-electron chi connectivity index (χ1n) is 22.5. The Bertz CT molecular complexity index is 1190. The van der Waals surface area contributed by atoms with Gasteiger partial charge in [-0.25, -0.2) is 0 Å². The summed E-state index contributed by atoms with van der Waals surface area (Å²) in [7, 11) is 1.59. The normalized spacial score (nSPS) is 33.4. The zero-order chi connectivity index (χ0) is 37.1. The van der Waals surface area contributed by atoms with E-state index in [0.29, 0.717) is 34.5 Å². The fourth-order valence-electron chi connectivity index (χ4n) is 12.6. The van der Waals surface area contributed by atoms with Gasteiger partial charge in [0.1, 0.15) is 0 Å². The van der Waals surface area contributed by atoms with Gasteiger partial charge in [0.05, 0.1) is 13.2 Å². The van der Waals surface area contributed by atoms with E-state index in [1.165, 1.54) is 128 Å². The van der Waals surface area contributed by atoms with Crippen molar-refractivity contribution in [3.8, 4) is 11.5 Å².